The number of benzene rings is 3. The molecule has 234 valence electrons. The molecule has 0 aromatic heterocycles. The van der Waals surface area contributed by atoms with E-state index in [0.29, 0.717) is 5.92 Å². The van der Waals surface area contributed by atoms with Gasteiger partial charge in [-0.25, -0.2) is 0 Å². The van der Waals surface area contributed by atoms with Gasteiger partial charge in [0.25, 0.3) is 0 Å². The van der Waals surface area contributed by atoms with Gasteiger partial charge in [0.1, 0.15) is 0 Å². The topological polar surface area (TPSA) is 0 Å². The summed E-state index contributed by atoms with van der Waals surface area (Å²) >= 11 is -4.48. The zero-order valence-electron chi connectivity index (χ0n) is 30.2. The Hall–Kier alpha value is -2.11. The van der Waals surface area contributed by atoms with Gasteiger partial charge in [-0.2, -0.15) is 0 Å². The van der Waals surface area contributed by atoms with Crippen LogP contribution in [0.15, 0.2) is 69.5 Å². The van der Waals surface area contributed by atoms with Gasteiger partial charge in [0.05, 0.1) is 0 Å². The van der Waals surface area contributed by atoms with Crippen molar-refractivity contribution in [3.05, 3.63) is 103 Å². The molecule has 0 radical (unpaired) electrons. The van der Waals surface area contributed by atoms with E-state index in [-0.39, 0.29) is 16.2 Å². The van der Waals surface area contributed by atoms with Crippen molar-refractivity contribution in [1.82, 2.24) is 0 Å². The van der Waals surface area contributed by atoms with Gasteiger partial charge in [0.15, 0.2) is 0 Å². The Labute approximate surface area is 270 Å². The molecule has 0 nitrogen and oxygen atoms in total. The van der Waals surface area contributed by atoms with Crippen LogP contribution >= 0.6 is 0 Å². The number of hydrogen-bond donors (Lipinski definition) is 0. The van der Waals surface area contributed by atoms with Gasteiger partial charge in [-0.15, -0.1) is 0 Å². The monoisotopic (exact) mass is 664 g/mol. The first-order valence-electron chi connectivity index (χ1n) is 17.1. The van der Waals surface area contributed by atoms with Crippen molar-refractivity contribution < 1.29 is 18.3 Å². The van der Waals surface area contributed by atoms with Crippen molar-refractivity contribution in [3.63, 3.8) is 0 Å². The third-order valence-corrected chi connectivity index (χ3v) is 25.7. The molecule has 0 saturated heterocycles. The predicted molar refractivity (Wildman–Crippen MR) is 194 cm³/mol. The second-order valence-corrected chi connectivity index (χ2v) is 31.6. The Morgan fingerprint density at radius 2 is 1.39 bits per heavy atom. The maximum absolute atomic E-state index is 5.68. The summed E-state index contributed by atoms with van der Waals surface area (Å²) in [6, 6.07) is 19.2. The third-order valence-electron chi connectivity index (χ3n) is 11.0. The molecule has 1 heteroatoms. The quantitative estimate of drug-likeness (QED) is 0.199. The van der Waals surface area contributed by atoms with Crippen LogP contribution in [0.1, 0.15) is 115 Å². The van der Waals surface area contributed by atoms with Crippen LogP contribution in [-0.2, 0) is 35.5 Å². The van der Waals surface area contributed by atoms with E-state index in [1.807, 2.05) is 0 Å². The van der Waals surface area contributed by atoms with Crippen molar-refractivity contribution >= 4 is 10.8 Å². The normalized spacial score (nSPS) is 17.4. The SMILES string of the molecule is [CH2]=[Zr]([CH3])([C]1=CC(C(C)(C)C)=CC1CCC)([c]1ccccc1)[c]1c(C)c(C(C)(C)C)cc2c1Cc1cc(C)c(C(C)(C)C)cc1-2. The van der Waals surface area contributed by atoms with E-state index < -0.39 is 18.3 Å². The number of aryl methyl sites for hydroxylation is 1. The summed E-state index contributed by atoms with van der Waals surface area (Å²) in [5.41, 5.74) is 13.5. The van der Waals surface area contributed by atoms with Crippen molar-refractivity contribution in [2.45, 2.75) is 118 Å². The van der Waals surface area contributed by atoms with E-state index in [4.69, 9.17) is 4.21 Å². The fourth-order valence-corrected chi connectivity index (χ4v) is 23.5. The fraction of sp³-hybridized carbons (Fsp3) is 0.465. The summed E-state index contributed by atoms with van der Waals surface area (Å²) in [5, 5.41) is 0. The molecule has 5 rings (SSSR count). The predicted octanol–water partition coefficient (Wildman–Crippen LogP) is 10.9. The molecule has 0 heterocycles. The van der Waals surface area contributed by atoms with Crippen molar-refractivity contribution in [1.29, 1.82) is 0 Å². The van der Waals surface area contributed by atoms with E-state index >= 15 is 0 Å². The van der Waals surface area contributed by atoms with Crippen LogP contribution in [-0.4, -0.2) is 4.21 Å². The molecule has 2 aliphatic carbocycles. The Morgan fingerprint density at radius 3 is 1.93 bits per heavy atom. The Bertz CT molecular complexity index is 1750. The van der Waals surface area contributed by atoms with Gasteiger partial charge in [-0.3, -0.25) is 0 Å². The average Bonchev–Trinajstić information content (AvgIpc) is 3.49. The molecule has 0 amide bonds. The Morgan fingerprint density at radius 1 is 0.795 bits per heavy atom. The molecule has 1 atom stereocenters. The van der Waals surface area contributed by atoms with Crippen molar-refractivity contribution in [3.8, 4) is 11.1 Å². The van der Waals surface area contributed by atoms with Crippen LogP contribution < -0.4 is 6.54 Å². The molecule has 0 spiro atoms. The van der Waals surface area contributed by atoms with Gasteiger partial charge in [-0.1, -0.05) is 0 Å². The van der Waals surface area contributed by atoms with Crippen LogP contribution in [0.3, 0.4) is 0 Å². The summed E-state index contributed by atoms with van der Waals surface area (Å²) in [7, 11) is 0. The average molecular weight is 666 g/mol. The van der Waals surface area contributed by atoms with Crippen LogP contribution in [0.4, 0.5) is 0 Å². The number of hydrogen-bond acceptors (Lipinski definition) is 0. The molecule has 0 N–H and O–H groups in total. The van der Waals surface area contributed by atoms with Crippen LogP contribution in [0.25, 0.3) is 11.1 Å². The zero-order chi connectivity index (χ0) is 32.6. The summed E-state index contributed by atoms with van der Waals surface area (Å²) in [5.74, 6) is 0.439. The van der Waals surface area contributed by atoms with Crippen LogP contribution in [0.2, 0.25) is 4.63 Å². The molecule has 3 aromatic carbocycles. The van der Waals surface area contributed by atoms with E-state index in [2.05, 4.69) is 148 Å². The Balaban J connectivity index is 1.96. The number of fused-ring (bicyclic) bond motifs is 3. The molecule has 0 saturated carbocycles. The standard InChI is InChI=1S/C23H29.C12H19.C6H5.CH3.CH2.Zr/c1-14-9-16-11-17-10-15(2)21(23(6,7)8)13-19(17)18(16)12-20(14)22(3,4)5;1-5-6-10-7-8-11(9-10)12(2,3)4;1-2-4-6-5-3-1;;;/h9,12-13H,11H2,1-8H3;8-10H,5-6H2,1-4H3;1-5H;1H3;1H2;. The first-order valence-corrected chi connectivity index (χ1v) is 24.9. The molecule has 0 fully saturated rings. The number of allylic oxidation sites excluding steroid dienone is 4. The summed E-state index contributed by atoms with van der Waals surface area (Å²) < 4.78 is 13.1. The van der Waals surface area contributed by atoms with Gasteiger partial charge in [0.2, 0.25) is 0 Å². The van der Waals surface area contributed by atoms with Crippen molar-refractivity contribution in [2.75, 3.05) is 0 Å². The first kappa shape index (κ1) is 33.3. The van der Waals surface area contributed by atoms with Gasteiger partial charge in [0, 0.05) is 0 Å². The molecular weight excluding hydrogens is 608 g/mol. The molecule has 2 aliphatic rings. The van der Waals surface area contributed by atoms with E-state index in [1.165, 1.54) is 60.6 Å². The van der Waals surface area contributed by atoms with Crippen LogP contribution in [0, 0.1) is 25.2 Å². The minimum atomic E-state index is -4.48. The molecule has 1 unspecified atom stereocenters. The van der Waals surface area contributed by atoms with E-state index in [1.54, 1.807) is 12.1 Å². The van der Waals surface area contributed by atoms with Gasteiger partial charge < -0.3 is 0 Å². The molecular formula is C43H58Zr. The summed E-state index contributed by atoms with van der Waals surface area (Å²) in [6.45, 7) is 28.5. The second kappa shape index (κ2) is 10.7. The summed E-state index contributed by atoms with van der Waals surface area (Å²) in [4.78, 5) is 0. The van der Waals surface area contributed by atoms with Crippen LogP contribution in [0.5, 0.6) is 0 Å². The second-order valence-electron chi connectivity index (χ2n) is 17.7. The van der Waals surface area contributed by atoms with E-state index in [9.17, 15) is 0 Å². The number of rotatable bonds is 5. The van der Waals surface area contributed by atoms with Gasteiger partial charge >= 0.3 is 272 Å². The minimum absolute atomic E-state index is 0.0235. The fourth-order valence-electron chi connectivity index (χ4n) is 8.81. The van der Waals surface area contributed by atoms with Crippen molar-refractivity contribution in [2.24, 2.45) is 11.3 Å². The maximum atomic E-state index is 5.68. The zero-order valence-corrected chi connectivity index (χ0v) is 32.6. The molecule has 44 heavy (non-hydrogen) atoms. The molecule has 0 aliphatic heterocycles. The third kappa shape index (κ3) is 5.28. The molecule has 0 bridgehead atoms. The first-order chi connectivity index (χ1) is 20.2. The Kier molecular flexibility index (Phi) is 8.11. The van der Waals surface area contributed by atoms with Gasteiger partial charge in [-0.05, 0) is 0 Å². The van der Waals surface area contributed by atoms with E-state index in [0.717, 1.165) is 6.42 Å². The summed E-state index contributed by atoms with van der Waals surface area (Å²) in [6.07, 6.45) is 8.63. The molecule has 3 aromatic rings.